The van der Waals surface area contributed by atoms with Gasteiger partial charge in [-0.2, -0.15) is 0 Å². The van der Waals surface area contributed by atoms with Crippen LogP contribution in [0.3, 0.4) is 0 Å². The standard InChI is InChI=1S/C24H25F2N3OS/c1-17(27-24(30)22-19(25)9-5-10-20(22)26)23(21-11-6-16-31-21)29-14-12-28(13-15-29)18-7-3-2-4-8-18/h2-11,16-17,23H,12-15H2,1H3,(H,27,30)/t17-,23-/m1/s1. The molecule has 31 heavy (non-hydrogen) atoms. The van der Waals surface area contributed by atoms with Crippen LogP contribution in [0.4, 0.5) is 14.5 Å². The van der Waals surface area contributed by atoms with Gasteiger partial charge in [0.25, 0.3) is 5.91 Å². The SMILES string of the molecule is C[C@@H](NC(=O)c1c(F)cccc1F)[C@H](c1cccs1)N1CCN(c2ccccc2)CC1. The average molecular weight is 442 g/mol. The Bertz CT molecular complexity index is 985. The number of hydrogen-bond donors (Lipinski definition) is 1. The molecule has 4 rings (SSSR count). The van der Waals surface area contributed by atoms with E-state index in [0.717, 1.165) is 43.2 Å². The van der Waals surface area contributed by atoms with Gasteiger partial charge in [-0.3, -0.25) is 9.69 Å². The lowest BCUT2D eigenvalue weighted by Gasteiger charge is -2.42. The first-order chi connectivity index (χ1) is 15.0. The summed E-state index contributed by atoms with van der Waals surface area (Å²) in [6.45, 7) is 5.28. The molecule has 1 aliphatic rings. The van der Waals surface area contributed by atoms with E-state index >= 15 is 0 Å². The Morgan fingerprint density at radius 2 is 1.61 bits per heavy atom. The van der Waals surface area contributed by atoms with Crippen molar-refractivity contribution in [3.05, 3.63) is 88.1 Å². The Kier molecular flexibility index (Phi) is 6.63. The third-order valence-corrected chi connectivity index (χ3v) is 6.63. The first-order valence-electron chi connectivity index (χ1n) is 10.4. The number of hydrogen-bond acceptors (Lipinski definition) is 4. The van der Waals surface area contributed by atoms with Gasteiger partial charge in [0, 0.05) is 42.8 Å². The molecule has 0 radical (unpaired) electrons. The number of amides is 1. The van der Waals surface area contributed by atoms with Crippen LogP contribution in [0.25, 0.3) is 0 Å². The fourth-order valence-corrected chi connectivity index (χ4v) is 5.14. The van der Waals surface area contributed by atoms with E-state index in [9.17, 15) is 13.6 Å². The molecule has 1 aromatic heterocycles. The third kappa shape index (κ3) is 4.78. The van der Waals surface area contributed by atoms with E-state index in [1.807, 2.05) is 42.6 Å². The fraction of sp³-hybridized carbons (Fsp3) is 0.292. The lowest BCUT2D eigenvalue weighted by molar-refractivity contribution is 0.0882. The minimum Gasteiger partial charge on any atom is -0.369 e. The molecule has 1 amide bonds. The maximum Gasteiger partial charge on any atom is 0.257 e. The maximum atomic E-state index is 14.1. The van der Waals surface area contributed by atoms with Gasteiger partial charge in [0.1, 0.15) is 17.2 Å². The predicted molar refractivity (Wildman–Crippen MR) is 121 cm³/mol. The molecule has 1 fully saturated rings. The van der Waals surface area contributed by atoms with E-state index in [1.54, 1.807) is 11.3 Å². The minimum absolute atomic E-state index is 0.0725. The van der Waals surface area contributed by atoms with Gasteiger partial charge < -0.3 is 10.2 Å². The molecule has 0 spiro atoms. The second kappa shape index (κ2) is 9.58. The molecule has 0 aliphatic carbocycles. The van der Waals surface area contributed by atoms with Crippen molar-refractivity contribution in [2.24, 2.45) is 0 Å². The van der Waals surface area contributed by atoms with Crippen LogP contribution < -0.4 is 10.2 Å². The zero-order valence-electron chi connectivity index (χ0n) is 17.3. The van der Waals surface area contributed by atoms with Crippen molar-refractivity contribution < 1.29 is 13.6 Å². The van der Waals surface area contributed by atoms with Crippen LogP contribution >= 0.6 is 11.3 Å². The van der Waals surface area contributed by atoms with Crippen molar-refractivity contribution in [2.75, 3.05) is 31.1 Å². The van der Waals surface area contributed by atoms with Crippen LogP contribution in [-0.4, -0.2) is 43.0 Å². The van der Waals surface area contributed by atoms with Gasteiger partial charge in [-0.25, -0.2) is 8.78 Å². The maximum absolute atomic E-state index is 14.1. The highest BCUT2D eigenvalue weighted by Crippen LogP contribution is 2.30. The number of nitrogens with zero attached hydrogens (tertiary/aromatic N) is 2. The Hall–Kier alpha value is -2.77. The Morgan fingerprint density at radius 3 is 2.23 bits per heavy atom. The highest BCUT2D eigenvalue weighted by Gasteiger charge is 2.32. The van der Waals surface area contributed by atoms with Gasteiger partial charge >= 0.3 is 0 Å². The molecule has 162 valence electrons. The van der Waals surface area contributed by atoms with Crippen molar-refractivity contribution in [3.8, 4) is 0 Å². The number of carbonyl (C=O) groups excluding carboxylic acids is 1. The van der Waals surface area contributed by atoms with E-state index in [4.69, 9.17) is 0 Å². The molecule has 4 nitrogen and oxygen atoms in total. The van der Waals surface area contributed by atoms with Gasteiger partial charge in [0.2, 0.25) is 0 Å². The smallest absolute Gasteiger partial charge is 0.257 e. The normalized spacial score (nSPS) is 16.7. The summed E-state index contributed by atoms with van der Waals surface area (Å²) < 4.78 is 28.1. The Labute approximate surface area is 185 Å². The number of halogens is 2. The lowest BCUT2D eigenvalue weighted by atomic mass is 10.0. The molecule has 7 heteroatoms. The summed E-state index contributed by atoms with van der Waals surface area (Å²) in [6, 6.07) is 17.4. The largest absolute Gasteiger partial charge is 0.369 e. The van der Waals surface area contributed by atoms with Crippen LogP contribution in [0.1, 0.15) is 28.2 Å². The second-order valence-electron chi connectivity index (χ2n) is 7.68. The van der Waals surface area contributed by atoms with Crippen LogP contribution in [0, 0.1) is 11.6 Å². The summed E-state index contributed by atoms with van der Waals surface area (Å²) in [7, 11) is 0. The molecule has 1 aliphatic heterocycles. The summed E-state index contributed by atoms with van der Waals surface area (Å²) >= 11 is 1.62. The lowest BCUT2D eigenvalue weighted by Crippen LogP contribution is -2.52. The molecule has 2 aromatic carbocycles. The van der Waals surface area contributed by atoms with E-state index in [1.165, 1.54) is 11.8 Å². The Morgan fingerprint density at radius 1 is 0.935 bits per heavy atom. The van der Waals surface area contributed by atoms with Crippen molar-refractivity contribution in [2.45, 2.75) is 19.0 Å². The monoisotopic (exact) mass is 441 g/mol. The molecule has 0 bridgehead atoms. The number of para-hydroxylation sites is 1. The molecule has 3 aromatic rings. The predicted octanol–water partition coefficient (Wildman–Crippen LogP) is 4.71. The molecule has 1 saturated heterocycles. The zero-order valence-corrected chi connectivity index (χ0v) is 18.1. The van der Waals surface area contributed by atoms with Crippen LogP contribution in [0.5, 0.6) is 0 Å². The Balaban J connectivity index is 1.49. The van der Waals surface area contributed by atoms with Crippen molar-refractivity contribution in [1.29, 1.82) is 0 Å². The average Bonchev–Trinajstić information content (AvgIpc) is 3.29. The molecule has 1 N–H and O–H groups in total. The molecular formula is C24H25F2N3OS. The van der Waals surface area contributed by atoms with Crippen molar-refractivity contribution in [1.82, 2.24) is 10.2 Å². The topological polar surface area (TPSA) is 35.6 Å². The number of nitrogens with one attached hydrogen (secondary N) is 1. The first kappa shape index (κ1) is 21.5. The van der Waals surface area contributed by atoms with Crippen molar-refractivity contribution >= 4 is 22.9 Å². The molecule has 0 saturated carbocycles. The number of benzene rings is 2. The quantitative estimate of drug-likeness (QED) is 0.602. The summed E-state index contributed by atoms with van der Waals surface area (Å²) in [5.74, 6) is -2.43. The molecule has 2 heterocycles. The summed E-state index contributed by atoms with van der Waals surface area (Å²) in [6.07, 6.45) is 0. The molecule has 0 unspecified atom stereocenters. The number of anilines is 1. The molecule has 2 atom stereocenters. The summed E-state index contributed by atoms with van der Waals surface area (Å²) in [5.41, 5.74) is 0.666. The second-order valence-corrected chi connectivity index (χ2v) is 8.66. The van der Waals surface area contributed by atoms with E-state index in [0.29, 0.717) is 0 Å². The highest BCUT2D eigenvalue weighted by atomic mass is 32.1. The van der Waals surface area contributed by atoms with Crippen molar-refractivity contribution in [3.63, 3.8) is 0 Å². The van der Waals surface area contributed by atoms with Gasteiger partial charge in [-0.15, -0.1) is 11.3 Å². The fourth-order valence-electron chi connectivity index (χ4n) is 4.17. The number of piperazine rings is 1. The van der Waals surface area contributed by atoms with E-state index in [-0.39, 0.29) is 12.1 Å². The number of rotatable bonds is 6. The first-order valence-corrected chi connectivity index (χ1v) is 11.2. The van der Waals surface area contributed by atoms with Gasteiger partial charge in [0.05, 0.1) is 6.04 Å². The summed E-state index contributed by atoms with van der Waals surface area (Å²) in [4.78, 5) is 18.5. The third-order valence-electron chi connectivity index (χ3n) is 5.69. The summed E-state index contributed by atoms with van der Waals surface area (Å²) in [5, 5.41) is 4.85. The number of carbonyl (C=O) groups is 1. The van der Waals surface area contributed by atoms with E-state index < -0.39 is 23.1 Å². The van der Waals surface area contributed by atoms with Crippen LogP contribution in [0.15, 0.2) is 66.0 Å². The van der Waals surface area contributed by atoms with Gasteiger partial charge in [0.15, 0.2) is 0 Å². The zero-order chi connectivity index (χ0) is 21.8. The highest BCUT2D eigenvalue weighted by molar-refractivity contribution is 7.10. The van der Waals surface area contributed by atoms with E-state index in [2.05, 4.69) is 27.2 Å². The molecular weight excluding hydrogens is 416 g/mol. The van der Waals surface area contributed by atoms with Crippen LogP contribution in [-0.2, 0) is 0 Å². The van der Waals surface area contributed by atoms with Crippen LogP contribution in [0.2, 0.25) is 0 Å². The number of thiophene rings is 1. The van der Waals surface area contributed by atoms with Gasteiger partial charge in [-0.1, -0.05) is 30.3 Å². The minimum atomic E-state index is -0.853. The van der Waals surface area contributed by atoms with Gasteiger partial charge in [-0.05, 0) is 42.6 Å².